The molecule has 1 aromatic heterocycles. The van der Waals surface area contributed by atoms with Gasteiger partial charge in [0, 0.05) is 23.7 Å². The number of hydrogen-bond acceptors (Lipinski definition) is 5. The Balaban J connectivity index is 1.71. The lowest BCUT2D eigenvalue weighted by Gasteiger charge is -2.31. The van der Waals surface area contributed by atoms with Gasteiger partial charge in [0.25, 0.3) is 0 Å². The SMILES string of the molecule is Cc1cc(C(F)(F)F)cc(O)c1-c1nnc(N[C@@H]2CCCN(C)C2)c2c1CCC2. The molecule has 1 aromatic carbocycles. The van der Waals surface area contributed by atoms with Crippen LogP contribution in [0.15, 0.2) is 12.1 Å². The van der Waals surface area contributed by atoms with E-state index in [0.717, 1.165) is 74.3 Å². The van der Waals surface area contributed by atoms with Gasteiger partial charge >= 0.3 is 6.18 Å². The van der Waals surface area contributed by atoms with E-state index in [1.54, 1.807) is 6.92 Å². The van der Waals surface area contributed by atoms with Crippen LogP contribution in [0.2, 0.25) is 0 Å². The second-order valence-electron chi connectivity index (χ2n) is 8.14. The number of halogens is 3. The average Bonchev–Trinajstić information content (AvgIpc) is 3.12. The van der Waals surface area contributed by atoms with Crippen LogP contribution < -0.4 is 5.32 Å². The van der Waals surface area contributed by atoms with Crippen LogP contribution in [0, 0.1) is 6.92 Å². The molecule has 0 bridgehead atoms. The Bertz CT molecular complexity index is 906. The topological polar surface area (TPSA) is 61.3 Å². The normalized spacial score (nSPS) is 20.0. The van der Waals surface area contributed by atoms with Crippen LogP contribution in [0.1, 0.15) is 41.5 Å². The van der Waals surface area contributed by atoms with Gasteiger partial charge in [-0.2, -0.15) is 13.2 Å². The Morgan fingerprint density at radius 3 is 2.59 bits per heavy atom. The number of aryl methyl sites for hydroxylation is 1. The van der Waals surface area contributed by atoms with Gasteiger partial charge in [-0.1, -0.05) is 0 Å². The number of likely N-dealkylation sites (N-methyl/N-ethyl adjacent to an activating group) is 1. The lowest BCUT2D eigenvalue weighted by molar-refractivity contribution is -0.137. The zero-order chi connectivity index (χ0) is 20.8. The van der Waals surface area contributed by atoms with E-state index >= 15 is 0 Å². The highest BCUT2D eigenvalue weighted by atomic mass is 19.4. The highest BCUT2D eigenvalue weighted by Gasteiger charge is 2.33. The number of nitrogens with zero attached hydrogens (tertiary/aromatic N) is 3. The number of aromatic nitrogens is 2. The molecule has 2 aliphatic rings. The molecule has 1 aliphatic carbocycles. The first-order chi connectivity index (χ1) is 13.7. The van der Waals surface area contributed by atoms with Gasteiger partial charge in [0.05, 0.1) is 5.56 Å². The van der Waals surface area contributed by atoms with Crippen LogP contribution in [0.25, 0.3) is 11.3 Å². The largest absolute Gasteiger partial charge is 0.507 e. The van der Waals surface area contributed by atoms with Crippen molar-refractivity contribution in [2.75, 3.05) is 25.5 Å². The number of phenolic OH excluding ortho intramolecular Hbond substituents is 1. The summed E-state index contributed by atoms with van der Waals surface area (Å²) in [5.41, 5.74) is 2.36. The second kappa shape index (κ2) is 7.48. The van der Waals surface area contributed by atoms with Crippen molar-refractivity contribution >= 4 is 5.82 Å². The van der Waals surface area contributed by atoms with Crippen LogP contribution >= 0.6 is 0 Å². The number of aromatic hydroxyl groups is 1. The second-order valence-corrected chi connectivity index (χ2v) is 8.14. The van der Waals surface area contributed by atoms with Gasteiger partial charge < -0.3 is 15.3 Å². The first-order valence-electron chi connectivity index (χ1n) is 9.98. The van der Waals surface area contributed by atoms with Gasteiger partial charge in [-0.05, 0) is 75.9 Å². The van der Waals surface area contributed by atoms with E-state index < -0.39 is 17.5 Å². The molecule has 29 heavy (non-hydrogen) atoms. The predicted octanol–water partition coefficient (Wildman–Crippen LogP) is 4.17. The molecule has 0 radical (unpaired) electrons. The molecule has 2 heterocycles. The highest BCUT2D eigenvalue weighted by Crippen LogP contribution is 2.42. The van der Waals surface area contributed by atoms with Crippen molar-refractivity contribution in [3.8, 4) is 17.0 Å². The molecule has 2 aromatic rings. The average molecular weight is 406 g/mol. The minimum Gasteiger partial charge on any atom is -0.507 e. The molecule has 5 nitrogen and oxygen atoms in total. The summed E-state index contributed by atoms with van der Waals surface area (Å²) < 4.78 is 39.2. The lowest BCUT2D eigenvalue weighted by atomic mass is 9.96. The summed E-state index contributed by atoms with van der Waals surface area (Å²) in [6.45, 7) is 3.60. The van der Waals surface area contributed by atoms with Crippen LogP contribution in [0.4, 0.5) is 19.0 Å². The molecule has 2 N–H and O–H groups in total. The molecule has 1 atom stereocenters. The van der Waals surface area contributed by atoms with Gasteiger partial charge in [0.1, 0.15) is 11.4 Å². The minimum atomic E-state index is -4.50. The van der Waals surface area contributed by atoms with E-state index in [1.165, 1.54) is 0 Å². The van der Waals surface area contributed by atoms with Crippen LogP contribution in [-0.2, 0) is 19.0 Å². The lowest BCUT2D eigenvalue weighted by Crippen LogP contribution is -2.40. The molecular weight excluding hydrogens is 381 g/mol. The summed E-state index contributed by atoms with van der Waals surface area (Å²) in [6, 6.07) is 2.14. The van der Waals surface area contributed by atoms with Gasteiger partial charge in [-0.15, -0.1) is 10.2 Å². The van der Waals surface area contributed by atoms with E-state index in [-0.39, 0.29) is 0 Å². The Labute approximate surface area is 167 Å². The highest BCUT2D eigenvalue weighted by molar-refractivity contribution is 5.76. The monoisotopic (exact) mass is 406 g/mol. The third-order valence-electron chi connectivity index (χ3n) is 5.88. The maximum Gasteiger partial charge on any atom is 0.416 e. The number of hydrogen-bond donors (Lipinski definition) is 2. The maximum atomic E-state index is 13.1. The summed E-state index contributed by atoms with van der Waals surface area (Å²) >= 11 is 0. The first kappa shape index (κ1) is 19.9. The molecule has 1 fully saturated rings. The number of anilines is 1. The maximum absolute atomic E-state index is 13.1. The molecule has 156 valence electrons. The quantitative estimate of drug-likeness (QED) is 0.801. The predicted molar refractivity (Wildman–Crippen MR) is 105 cm³/mol. The minimum absolute atomic E-state index is 0.305. The van der Waals surface area contributed by atoms with Crippen molar-refractivity contribution in [2.45, 2.75) is 51.2 Å². The fraction of sp³-hybridized carbons (Fsp3) is 0.524. The van der Waals surface area contributed by atoms with Gasteiger partial charge in [0.2, 0.25) is 0 Å². The summed E-state index contributed by atoms with van der Waals surface area (Å²) in [4.78, 5) is 2.28. The summed E-state index contributed by atoms with van der Waals surface area (Å²) in [5, 5.41) is 22.7. The van der Waals surface area contributed by atoms with E-state index in [9.17, 15) is 18.3 Å². The molecular formula is C21H25F3N4O. The fourth-order valence-electron chi connectivity index (χ4n) is 4.52. The van der Waals surface area contributed by atoms with Crippen molar-refractivity contribution in [2.24, 2.45) is 0 Å². The molecule has 1 saturated heterocycles. The van der Waals surface area contributed by atoms with Crippen molar-refractivity contribution < 1.29 is 18.3 Å². The number of alkyl halides is 3. The molecule has 0 unspecified atom stereocenters. The summed E-state index contributed by atoms with van der Waals surface area (Å²) in [6.07, 6.45) is 0.259. The van der Waals surface area contributed by atoms with E-state index in [2.05, 4.69) is 27.5 Å². The number of fused-ring (bicyclic) bond motifs is 1. The Morgan fingerprint density at radius 2 is 1.90 bits per heavy atom. The van der Waals surface area contributed by atoms with E-state index in [0.29, 0.717) is 22.9 Å². The zero-order valence-corrected chi connectivity index (χ0v) is 16.6. The number of benzene rings is 1. The number of phenols is 1. The van der Waals surface area contributed by atoms with Crippen molar-refractivity contribution in [1.29, 1.82) is 0 Å². The third kappa shape index (κ3) is 3.90. The Kier molecular flexibility index (Phi) is 5.14. The van der Waals surface area contributed by atoms with Gasteiger partial charge in [-0.3, -0.25) is 0 Å². The smallest absolute Gasteiger partial charge is 0.416 e. The fourth-order valence-corrected chi connectivity index (χ4v) is 4.52. The summed E-state index contributed by atoms with van der Waals surface area (Å²) in [7, 11) is 2.10. The molecule has 1 aliphatic heterocycles. The molecule has 0 spiro atoms. The van der Waals surface area contributed by atoms with Crippen molar-refractivity contribution in [3.05, 3.63) is 34.4 Å². The third-order valence-corrected chi connectivity index (χ3v) is 5.88. The van der Waals surface area contributed by atoms with E-state index in [1.807, 2.05) is 0 Å². The molecule has 8 heteroatoms. The number of likely N-dealkylation sites (tertiary alicyclic amines) is 1. The van der Waals surface area contributed by atoms with Crippen LogP contribution in [0.5, 0.6) is 5.75 Å². The van der Waals surface area contributed by atoms with Crippen LogP contribution in [0.3, 0.4) is 0 Å². The van der Waals surface area contributed by atoms with Gasteiger partial charge in [0.15, 0.2) is 5.82 Å². The number of rotatable bonds is 3. The standard InChI is InChI=1S/C21H25F3N4O/c1-12-9-13(21(22,23)24)10-17(29)18(12)19-15-6-3-7-16(15)20(27-26-19)25-14-5-4-8-28(2)11-14/h9-10,14,29H,3-8,11H2,1-2H3,(H,25,27)/t14-/m1/s1. The summed E-state index contributed by atoms with van der Waals surface area (Å²) in [5.74, 6) is 0.362. The first-order valence-corrected chi connectivity index (χ1v) is 9.98. The molecule has 4 rings (SSSR count). The van der Waals surface area contributed by atoms with Crippen molar-refractivity contribution in [3.63, 3.8) is 0 Å². The van der Waals surface area contributed by atoms with E-state index in [4.69, 9.17) is 0 Å². The van der Waals surface area contributed by atoms with Gasteiger partial charge in [-0.25, -0.2) is 0 Å². The molecule has 0 saturated carbocycles. The Hall–Kier alpha value is -2.35. The Morgan fingerprint density at radius 1 is 1.14 bits per heavy atom. The van der Waals surface area contributed by atoms with Crippen LogP contribution in [-0.4, -0.2) is 46.4 Å². The number of piperidine rings is 1. The number of nitrogens with one attached hydrogen (secondary N) is 1. The van der Waals surface area contributed by atoms with Crippen molar-refractivity contribution in [1.82, 2.24) is 15.1 Å². The molecule has 0 amide bonds. The zero-order valence-electron chi connectivity index (χ0n) is 16.6.